The molecule has 14 heteroatoms. The fourth-order valence-corrected chi connectivity index (χ4v) is 1.75. The topological polar surface area (TPSA) is 57.2 Å². The Hall–Kier alpha value is 0.916. The Morgan fingerprint density at radius 3 is 1.65 bits per heavy atom. The van der Waals surface area contributed by atoms with E-state index in [1.165, 1.54) is 6.92 Å². The molecule has 0 saturated heterocycles. The first-order valence-corrected chi connectivity index (χ1v) is 7.00. The van der Waals surface area contributed by atoms with Crippen molar-refractivity contribution in [3.05, 3.63) is 0 Å². The molecule has 3 nitrogen and oxygen atoms in total. The summed E-state index contributed by atoms with van der Waals surface area (Å²) >= 11 is 0. The fraction of sp³-hybridized carbons (Fsp3) is 1.00. The SMILES string of the molecule is CCCCC(F)C(F)(F)C(F)(F)C(F)(F)C(F)(F)S(=O)(=O)[O-].[K+]. The minimum absolute atomic E-state index is 0. The predicted molar refractivity (Wildman–Crippen MR) is 53.9 cm³/mol. The van der Waals surface area contributed by atoms with Crippen molar-refractivity contribution in [1.82, 2.24) is 0 Å². The van der Waals surface area contributed by atoms with Gasteiger partial charge in [0.05, 0.1) is 0 Å². The molecule has 0 aromatic carbocycles. The van der Waals surface area contributed by atoms with Gasteiger partial charge in [-0.05, 0) is 6.42 Å². The maximum absolute atomic E-state index is 13.1. The van der Waals surface area contributed by atoms with Gasteiger partial charge in [0.1, 0.15) is 0 Å². The van der Waals surface area contributed by atoms with E-state index in [4.69, 9.17) is 0 Å². The van der Waals surface area contributed by atoms with Crippen LogP contribution in [0.1, 0.15) is 26.2 Å². The van der Waals surface area contributed by atoms with Crippen molar-refractivity contribution >= 4 is 10.1 Å². The molecule has 0 aromatic heterocycles. The fourth-order valence-electron chi connectivity index (χ4n) is 1.31. The van der Waals surface area contributed by atoms with Gasteiger partial charge in [-0.1, -0.05) is 19.8 Å². The molecule has 0 radical (unpaired) electrons. The summed E-state index contributed by atoms with van der Waals surface area (Å²) in [4.78, 5) is 0. The zero-order valence-electron chi connectivity index (χ0n) is 11.7. The smallest absolute Gasteiger partial charge is 0.743 e. The van der Waals surface area contributed by atoms with E-state index in [-0.39, 0.29) is 57.8 Å². The van der Waals surface area contributed by atoms with Gasteiger partial charge in [0.25, 0.3) is 0 Å². The first-order chi connectivity index (χ1) is 9.48. The molecule has 0 N–H and O–H groups in total. The third kappa shape index (κ3) is 4.55. The normalized spacial score (nSPS) is 16.0. The summed E-state index contributed by atoms with van der Waals surface area (Å²) in [7, 11) is -7.42. The molecule has 0 saturated carbocycles. The molecular formula is C9H10F9KO3S. The number of alkyl halides is 9. The molecule has 0 rings (SSSR count). The van der Waals surface area contributed by atoms with Crippen molar-refractivity contribution in [2.45, 2.75) is 55.4 Å². The molecule has 0 amide bonds. The molecule has 0 heterocycles. The maximum Gasteiger partial charge on any atom is 1.00 e. The van der Waals surface area contributed by atoms with Crippen LogP contribution in [-0.4, -0.2) is 42.2 Å². The van der Waals surface area contributed by atoms with Crippen molar-refractivity contribution in [3.8, 4) is 0 Å². The molecule has 0 spiro atoms. The molecule has 23 heavy (non-hydrogen) atoms. The first kappa shape index (κ1) is 26.1. The average molecular weight is 408 g/mol. The summed E-state index contributed by atoms with van der Waals surface area (Å²) < 4.78 is 146. The molecule has 0 aromatic rings. The summed E-state index contributed by atoms with van der Waals surface area (Å²) in [6, 6.07) is 0. The molecule has 0 aliphatic carbocycles. The third-order valence-electron chi connectivity index (χ3n) is 2.70. The second-order valence-corrected chi connectivity index (χ2v) is 5.77. The van der Waals surface area contributed by atoms with Crippen LogP contribution in [0, 0.1) is 0 Å². The minimum atomic E-state index is -7.42. The number of hydrogen-bond donors (Lipinski definition) is 0. The second-order valence-electron chi connectivity index (χ2n) is 4.35. The Labute approximate surface area is 168 Å². The number of unbranched alkanes of at least 4 members (excludes halogenated alkanes) is 1. The van der Waals surface area contributed by atoms with E-state index in [1.807, 2.05) is 0 Å². The predicted octanol–water partition coefficient (Wildman–Crippen LogP) is 0.563. The van der Waals surface area contributed by atoms with Crippen LogP contribution in [-0.2, 0) is 10.1 Å². The number of halogens is 9. The maximum atomic E-state index is 13.1. The van der Waals surface area contributed by atoms with Crippen molar-refractivity contribution < 1.29 is 104 Å². The van der Waals surface area contributed by atoms with E-state index < -0.39 is 52.2 Å². The first-order valence-electron chi connectivity index (χ1n) is 5.59. The average Bonchev–Trinajstić information content (AvgIpc) is 2.33. The summed E-state index contributed by atoms with van der Waals surface area (Å²) in [6.07, 6.45) is -5.75. The van der Waals surface area contributed by atoms with E-state index in [0.717, 1.165) is 0 Å². The van der Waals surface area contributed by atoms with Crippen LogP contribution in [0.5, 0.6) is 0 Å². The van der Waals surface area contributed by atoms with Crippen LogP contribution in [0.25, 0.3) is 0 Å². The zero-order valence-corrected chi connectivity index (χ0v) is 15.7. The van der Waals surface area contributed by atoms with Gasteiger partial charge in [-0.3, -0.25) is 0 Å². The summed E-state index contributed by atoms with van der Waals surface area (Å²) in [5.74, 6) is -20.8. The molecule has 0 aliphatic heterocycles. The van der Waals surface area contributed by atoms with Gasteiger partial charge in [-0.25, -0.2) is 12.8 Å². The summed E-state index contributed by atoms with van der Waals surface area (Å²) in [5, 5.41) is -7.06. The Kier molecular flexibility index (Phi) is 9.18. The molecular weight excluding hydrogens is 398 g/mol. The van der Waals surface area contributed by atoms with E-state index in [9.17, 15) is 52.5 Å². The Balaban J connectivity index is 0. The van der Waals surface area contributed by atoms with Crippen molar-refractivity contribution in [2.75, 3.05) is 0 Å². The third-order valence-corrected chi connectivity index (χ3v) is 3.58. The minimum Gasteiger partial charge on any atom is -0.743 e. The zero-order chi connectivity index (χ0) is 18.2. The summed E-state index contributed by atoms with van der Waals surface area (Å²) in [5.41, 5.74) is 0. The Morgan fingerprint density at radius 2 is 1.35 bits per heavy atom. The number of rotatable bonds is 8. The van der Waals surface area contributed by atoms with Gasteiger partial charge in [0.2, 0.25) is 0 Å². The van der Waals surface area contributed by atoms with E-state index >= 15 is 0 Å². The molecule has 134 valence electrons. The van der Waals surface area contributed by atoms with Crippen molar-refractivity contribution in [3.63, 3.8) is 0 Å². The Bertz CT molecular complexity index is 494. The monoisotopic (exact) mass is 408 g/mol. The summed E-state index contributed by atoms with van der Waals surface area (Å²) in [6.45, 7) is 1.32. The van der Waals surface area contributed by atoms with Crippen LogP contribution in [0.3, 0.4) is 0 Å². The van der Waals surface area contributed by atoms with Crippen LogP contribution in [0.15, 0.2) is 0 Å². The van der Waals surface area contributed by atoms with Gasteiger partial charge in [-0.15, -0.1) is 0 Å². The second kappa shape index (κ2) is 8.08. The molecule has 0 bridgehead atoms. The molecule has 0 fully saturated rings. The van der Waals surface area contributed by atoms with Crippen molar-refractivity contribution in [2.24, 2.45) is 0 Å². The Morgan fingerprint density at radius 1 is 0.957 bits per heavy atom. The van der Waals surface area contributed by atoms with Gasteiger partial charge in [-0.2, -0.15) is 35.1 Å². The van der Waals surface area contributed by atoms with E-state index in [2.05, 4.69) is 0 Å². The van der Waals surface area contributed by atoms with E-state index in [0.29, 0.717) is 0 Å². The molecule has 1 atom stereocenters. The molecule has 0 aliphatic rings. The van der Waals surface area contributed by atoms with Crippen molar-refractivity contribution in [1.29, 1.82) is 0 Å². The van der Waals surface area contributed by atoms with Crippen LogP contribution >= 0.6 is 0 Å². The van der Waals surface area contributed by atoms with Gasteiger partial charge < -0.3 is 4.55 Å². The quantitative estimate of drug-likeness (QED) is 0.335. The largest absolute Gasteiger partial charge is 1.00 e. The van der Waals surface area contributed by atoms with E-state index in [1.54, 1.807) is 0 Å². The van der Waals surface area contributed by atoms with Crippen LogP contribution in [0.2, 0.25) is 0 Å². The van der Waals surface area contributed by atoms with Crippen LogP contribution < -0.4 is 51.4 Å². The molecule has 1 unspecified atom stereocenters. The van der Waals surface area contributed by atoms with Gasteiger partial charge >= 0.3 is 74.4 Å². The number of hydrogen-bond acceptors (Lipinski definition) is 3. The van der Waals surface area contributed by atoms with Gasteiger partial charge in [0, 0.05) is 0 Å². The van der Waals surface area contributed by atoms with Gasteiger partial charge in [0.15, 0.2) is 16.3 Å². The van der Waals surface area contributed by atoms with Crippen LogP contribution in [0.4, 0.5) is 39.5 Å². The standard InChI is InChI=1S/C9H11F9O3S.K/c1-2-3-4-5(10)6(11,12)7(13,14)8(15,16)9(17,18)22(19,20)21;/h5H,2-4H2,1H3,(H,19,20,21);/q;+1/p-1.